The monoisotopic (exact) mass is 329 g/mol. The number of hydrogen-bond donors (Lipinski definition) is 2. The number of carbonyl (C=O) groups is 1. The van der Waals surface area contributed by atoms with Crippen LogP contribution in [0, 0.1) is 0 Å². The predicted molar refractivity (Wildman–Crippen MR) is 87.5 cm³/mol. The fourth-order valence-electron chi connectivity index (χ4n) is 2.00. The Hall–Kier alpha value is -1.96. The summed E-state index contributed by atoms with van der Waals surface area (Å²) in [5.74, 6) is -0.577. The lowest BCUT2D eigenvalue weighted by Gasteiger charge is -2.27. The molecule has 0 aromatic heterocycles. The Bertz CT molecular complexity index is 678. The zero-order chi connectivity index (χ0) is 17.3. The van der Waals surface area contributed by atoms with E-state index >= 15 is 0 Å². The number of rotatable bonds is 5. The quantitative estimate of drug-likeness (QED) is 0.776. The molecule has 0 bridgehead atoms. The highest BCUT2D eigenvalue weighted by atomic mass is 32.2. The zero-order valence-electron chi connectivity index (χ0n) is 13.5. The maximum atomic E-state index is 12.0. The minimum absolute atomic E-state index is 0.194. The van der Waals surface area contributed by atoms with Crippen LogP contribution in [0.1, 0.15) is 26.3 Å². The second-order valence-electron chi connectivity index (χ2n) is 6.10. The summed E-state index contributed by atoms with van der Waals surface area (Å²) in [4.78, 5) is 11.2. The minimum Gasteiger partial charge on any atom is -0.492 e. The van der Waals surface area contributed by atoms with Gasteiger partial charge in [0.1, 0.15) is 6.54 Å². The summed E-state index contributed by atoms with van der Waals surface area (Å²) in [7, 11) is -2.34. The third-order valence-corrected chi connectivity index (χ3v) is 4.26. The van der Waals surface area contributed by atoms with E-state index in [9.17, 15) is 13.2 Å². The van der Waals surface area contributed by atoms with Crippen molar-refractivity contribution in [2.45, 2.75) is 26.2 Å². The van der Waals surface area contributed by atoms with Crippen LogP contribution in [0.2, 0.25) is 0 Å². The van der Waals surface area contributed by atoms with Gasteiger partial charge in [0.25, 0.3) is 0 Å². The molecule has 0 aliphatic heterocycles. The van der Waals surface area contributed by atoms with E-state index in [1.807, 2.05) is 20.8 Å². The average Bonchev–Trinajstić information content (AvgIpc) is 2.32. The molecule has 0 saturated heterocycles. The van der Waals surface area contributed by atoms with E-state index in [4.69, 9.17) is 16.2 Å². The summed E-state index contributed by atoms with van der Waals surface area (Å²) in [6.45, 7) is 5.42. The molecule has 0 fully saturated rings. The summed E-state index contributed by atoms with van der Waals surface area (Å²) >= 11 is 0. The van der Waals surface area contributed by atoms with E-state index < -0.39 is 22.5 Å². The number of nitrogen functional groups attached to an aromatic ring is 1. The van der Waals surface area contributed by atoms with Gasteiger partial charge in [-0.15, -0.1) is 0 Å². The Labute approximate surface area is 131 Å². The van der Waals surface area contributed by atoms with E-state index in [0.717, 1.165) is 16.1 Å². The number of nitrogens with zero attached hydrogens (tertiary/aromatic N) is 1. The van der Waals surface area contributed by atoms with Crippen LogP contribution in [0.4, 0.5) is 11.4 Å². The first-order chi connectivity index (χ1) is 9.87. The van der Waals surface area contributed by atoms with Gasteiger partial charge in [0.15, 0.2) is 5.75 Å². The molecule has 1 aromatic rings. The SMILES string of the molecule is COc1c(N)cc(C(C)(C)C)cc1N(CC(N)=O)S(C)(=O)=O. The first-order valence-electron chi connectivity index (χ1n) is 6.62. The van der Waals surface area contributed by atoms with Crippen molar-refractivity contribution in [2.24, 2.45) is 5.73 Å². The molecule has 1 amide bonds. The Balaban J connectivity index is 3.66. The second kappa shape index (κ2) is 6.04. The maximum Gasteiger partial charge on any atom is 0.238 e. The molecule has 0 aliphatic rings. The highest BCUT2D eigenvalue weighted by molar-refractivity contribution is 7.92. The molecule has 0 spiro atoms. The lowest BCUT2D eigenvalue weighted by molar-refractivity contribution is -0.116. The molecule has 1 aromatic carbocycles. The van der Waals surface area contributed by atoms with Crippen molar-refractivity contribution >= 4 is 27.3 Å². The summed E-state index contributed by atoms with van der Waals surface area (Å²) < 4.78 is 30.2. The van der Waals surface area contributed by atoms with Crippen LogP contribution in [0.25, 0.3) is 0 Å². The molecule has 0 aliphatic carbocycles. The third-order valence-electron chi connectivity index (χ3n) is 3.14. The normalized spacial score (nSPS) is 12.0. The summed E-state index contributed by atoms with van der Waals surface area (Å²) in [6, 6.07) is 3.38. The van der Waals surface area contributed by atoms with Crippen molar-refractivity contribution in [2.75, 3.05) is 29.9 Å². The van der Waals surface area contributed by atoms with Gasteiger partial charge >= 0.3 is 0 Å². The molecule has 22 heavy (non-hydrogen) atoms. The molecule has 0 saturated carbocycles. The van der Waals surface area contributed by atoms with Crippen molar-refractivity contribution in [1.29, 1.82) is 0 Å². The van der Waals surface area contributed by atoms with Crippen LogP contribution in [-0.4, -0.2) is 34.2 Å². The predicted octanol–water partition coefficient (Wildman–Crippen LogP) is 0.826. The Morgan fingerprint density at radius 3 is 2.23 bits per heavy atom. The molecule has 0 heterocycles. The number of sulfonamides is 1. The van der Waals surface area contributed by atoms with Crippen molar-refractivity contribution in [3.8, 4) is 5.75 Å². The molecule has 8 heteroatoms. The van der Waals surface area contributed by atoms with Crippen LogP contribution in [0.3, 0.4) is 0 Å². The number of ether oxygens (including phenoxy) is 1. The number of primary amides is 1. The first kappa shape index (κ1) is 18.1. The lowest BCUT2D eigenvalue weighted by atomic mass is 9.86. The molecule has 0 atom stereocenters. The van der Waals surface area contributed by atoms with Gasteiger partial charge in [-0.1, -0.05) is 20.8 Å². The van der Waals surface area contributed by atoms with Gasteiger partial charge in [-0.05, 0) is 23.1 Å². The largest absolute Gasteiger partial charge is 0.492 e. The van der Waals surface area contributed by atoms with E-state index in [2.05, 4.69) is 0 Å². The summed E-state index contributed by atoms with van der Waals surface area (Å²) in [5, 5.41) is 0. The van der Waals surface area contributed by atoms with Crippen molar-refractivity contribution in [3.63, 3.8) is 0 Å². The average molecular weight is 329 g/mol. The lowest BCUT2D eigenvalue weighted by Crippen LogP contribution is -2.38. The van der Waals surface area contributed by atoms with Crippen molar-refractivity contribution in [3.05, 3.63) is 17.7 Å². The van der Waals surface area contributed by atoms with Gasteiger partial charge in [-0.2, -0.15) is 0 Å². The maximum absolute atomic E-state index is 12.0. The third kappa shape index (κ3) is 4.03. The number of methoxy groups -OCH3 is 1. The standard InChI is InChI=1S/C14H23N3O4S/c1-14(2,3)9-6-10(15)13(21-4)11(7-9)17(8-12(16)18)22(5,19)20/h6-7H,8,15H2,1-5H3,(H2,16,18). The Morgan fingerprint density at radius 1 is 1.32 bits per heavy atom. The number of nitrogens with two attached hydrogens (primary N) is 2. The second-order valence-corrected chi connectivity index (χ2v) is 8.01. The smallest absolute Gasteiger partial charge is 0.238 e. The van der Waals surface area contributed by atoms with Crippen LogP contribution < -0.4 is 20.5 Å². The Kier molecular flexibility index (Phi) is 4.96. The number of anilines is 2. The summed E-state index contributed by atoms with van der Waals surface area (Å²) in [6.07, 6.45) is 0.995. The molecule has 7 nitrogen and oxygen atoms in total. The van der Waals surface area contributed by atoms with E-state index in [1.165, 1.54) is 7.11 Å². The van der Waals surface area contributed by atoms with Gasteiger partial charge in [-0.25, -0.2) is 8.42 Å². The van der Waals surface area contributed by atoms with Crippen molar-refractivity contribution in [1.82, 2.24) is 0 Å². The van der Waals surface area contributed by atoms with Crippen LogP contribution in [-0.2, 0) is 20.2 Å². The van der Waals surface area contributed by atoms with Gasteiger partial charge in [0, 0.05) is 0 Å². The van der Waals surface area contributed by atoms with Crippen molar-refractivity contribution < 1.29 is 17.9 Å². The van der Waals surface area contributed by atoms with Gasteiger partial charge in [-0.3, -0.25) is 9.10 Å². The van der Waals surface area contributed by atoms with E-state index in [1.54, 1.807) is 12.1 Å². The minimum atomic E-state index is -3.73. The highest BCUT2D eigenvalue weighted by Crippen LogP contribution is 2.39. The van der Waals surface area contributed by atoms with Gasteiger partial charge < -0.3 is 16.2 Å². The molecular formula is C14H23N3O4S. The first-order valence-corrected chi connectivity index (χ1v) is 8.46. The molecule has 124 valence electrons. The number of carbonyl (C=O) groups excluding carboxylic acids is 1. The van der Waals surface area contributed by atoms with Crippen LogP contribution in [0.5, 0.6) is 5.75 Å². The zero-order valence-corrected chi connectivity index (χ0v) is 14.3. The molecule has 4 N–H and O–H groups in total. The number of amides is 1. The molecule has 0 unspecified atom stereocenters. The highest BCUT2D eigenvalue weighted by Gasteiger charge is 2.27. The number of hydrogen-bond acceptors (Lipinski definition) is 5. The fraction of sp³-hybridized carbons (Fsp3) is 0.500. The van der Waals surface area contributed by atoms with Gasteiger partial charge in [0.05, 0.1) is 24.7 Å². The molecule has 0 radical (unpaired) electrons. The molecular weight excluding hydrogens is 306 g/mol. The van der Waals surface area contributed by atoms with E-state index in [0.29, 0.717) is 5.69 Å². The van der Waals surface area contributed by atoms with Crippen LogP contribution in [0.15, 0.2) is 12.1 Å². The van der Waals surface area contributed by atoms with Gasteiger partial charge in [0.2, 0.25) is 15.9 Å². The topological polar surface area (TPSA) is 116 Å². The molecule has 1 rings (SSSR count). The number of benzene rings is 1. The Morgan fingerprint density at radius 2 is 1.86 bits per heavy atom. The van der Waals surface area contributed by atoms with E-state index in [-0.39, 0.29) is 16.9 Å². The summed E-state index contributed by atoms with van der Waals surface area (Å²) in [5.41, 5.74) is 12.2. The fourth-order valence-corrected chi connectivity index (χ4v) is 2.85. The van der Waals surface area contributed by atoms with Crippen LogP contribution >= 0.6 is 0 Å².